The predicted octanol–water partition coefficient (Wildman–Crippen LogP) is 5.63. The summed E-state index contributed by atoms with van der Waals surface area (Å²) in [5, 5.41) is 14.4. The number of benzene rings is 2. The van der Waals surface area contributed by atoms with Gasteiger partial charge in [0.25, 0.3) is 5.91 Å². The van der Waals surface area contributed by atoms with Gasteiger partial charge in [-0.2, -0.15) is 5.26 Å². The average molecular weight is 528 g/mol. The number of nitrogens with one attached hydrogen (secondary N) is 3. The average Bonchev–Trinajstić information content (AvgIpc) is 3.42. The van der Waals surface area contributed by atoms with Gasteiger partial charge in [0, 0.05) is 17.3 Å². The molecule has 9 nitrogen and oxygen atoms in total. The van der Waals surface area contributed by atoms with Crippen LogP contribution in [0.2, 0.25) is 0 Å². The second-order valence-electron chi connectivity index (χ2n) is 9.05. The zero-order chi connectivity index (χ0) is 27.7. The van der Waals surface area contributed by atoms with Crippen molar-refractivity contribution in [1.29, 1.82) is 5.26 Å². The number of hydrogen-bond acceptors (Lipinski definition) is 7. The van der Waals surface area contributed by atoms with E-state index in [1.807, 2.05) is 6.07 Å². The molecule has 39 heavy (non-hydrogen) atoms. The fourth-order valence-corrected chi connectivity index (χ4v) is 3.88. The van der Waals surface area contributed by atoms with Gasteiger partial charge >= 0.3 is 0 Å². The Labute approximate surface area is 219 Å². The molecule has 0 aliphatic carbocycles. The molecule has 5 aromatic rings. The summed E-state index contributed by atoms with van der Waals surface area (Å²) in [6.07, 6.45) is 4.20. The lowest BCUT2D eigenvalue weighted by Gasteiger charge is -2.17. The summed E-state index contributed by atoms with van der Waals surface area (Å²) in [5.74, 6) is -3.56. The van der Waals surface area contributed by atoms with Crippen LogP contribution in [0.5, 0.6) is 0 Å². The molecule has 1 amide bonds. The van der Waals surface area contributed by atoms with E-state index in [1.54, 1.807) is 26.0 Å². The Bertz CT molecular complexity index is 1780. The highest BCUT2D eigenvalue weighted by Crippen LogP contribution is 2.34. The van der Waals surface area contributed by atoms with Crippen LogP contribution in [0, 0.1) is 28.8 Å². The Morgan fingerprint density at radius 3 is 2.67 bits per heavy atom. The molecule has 0 fully saturated rings. The zero-order valence-corrected chi connectivity index (χ0v) is 20.6. The van der Waals surface area contributed by atoms with Gasteiger partial charge in [0.15, 0.2) is 11.5 Å². The fourth-order valence-electron chi connectivity index (χ4n) is 3.88. The van der Waals surface area contributed by atoms with Crippen LogP contribution in [0.4, 0.5) is 30.4 Å². The van der Waals surface area contributed by atoms with Gasteiger partial charge in [0.05, 0.1) is 23.5 Å². The lowest BCUT2D eigenvalue weighted by Crippen LogP contribution is -2.18. The molecule has 0 radical (unpaired) electrons. The highest BCUT2D eigenvalue weighted by molar-refractivity contribution is 6.05. The summed E-state index contributed by atoms with van der Waals surface area (Å²) in [4.78, 5) is 32.5. The molecule has 0 atom stereocenters. The topological polar surface area (TPSA) is 132 Å². The largest absolute Gasteiger partial charge is 0.335 e. The molecule has 12 heteroatoms. The Hall–Kier alpha value is -5.31. The lowest BCUT2D eigenvalue weighted by atomic mass is 9.85. The number of imidazole rings is 1. The lowest BCUT2D eigenvalue weighted by molar-refractivity contribution is 0.102. The SMILES string of the molecule is CC(C)(C#N)c1cc(F)cc(C(=O)Nc2ccc(F)c(Nc3ncccc3-c3ncnc4[nH]cnc34)c2F)c1. The third kappa shape index (κ3) is 4.85. The van der Waals surface area contributed by atoms with Crippen LogP contribution in [-0.2, 0) is 5.41 Å². The zero-order valence-electron chi connectivity index (χ0n) is 20.6. The fraction of sp³-hybridized carbons (Fsp3) is 0.111. The van der Waals surface area contributed by atoms with Crippen molar-refractivity contribution in [2.24, 2.45) is 0 Å². The minimum Gasteiger partial charge on any atom is -0.335 e. The third-order valence-electron chi connectivity index (χ3n) is 6.02. The molecule has 0 aliphatic heterocycles. The van der Waals surface area contributed by atoms with E-state index in [4.69, 9.17) is 0 Å². The number of carbonyl (C=O) groups is 1. The molecular formula is C27H19F3N8O. The highest BCUT2D eigenvalue weighted by atomic mass is 19.1. The van der Waals surface area contributed by atoms with E-state index in [0.29, 0.717) is 22.4 Å². The highest BCUT2D eigenvalue weighted by Gasteiger charge is 2.24. The van der Waals surface area contributed by atoms with Gasteiger partial charge in [0.1, 0.15) is 40.7 Å². The minimum atomic E-state index is -1.11. The van der Waals surface area contributed by atoms with Crippen molar-refractivity contribution in [3.8, 4) is 17.3 Å². The van der Waals surface area contributed by atoms with Gasteiger partial charge in [0.2, 0.25) is 0 Å². The van der Waals surface area contributed by atoms with E-state index in [-0.39, 0.29) is 22.6 Å². The Balaban J connectivity index is 1.48. The number of H-pyrrole nitrogens is 1. The quantitative estimate of drug-likeness (QED) is 0.260. The van der Waals surface area contributed by atoms with Crippen molar-refractivity contribution in [3.63, 3.8) is 0 Å². The van der Waals surface area contributed by atoms with Crippen molar-refractivity contribution < 1.29 is 18.0 Å². The number of halogens is 3. The Morgan fingerprint density at radius 1 is 1.05 bits per heavy atom. The molecule has 0 saturated heterocycles. The summed E-state index contributed by atoms with van der Waals surface area (Å²) >= 11 is 0. The number of anilines is 3. The number of pyridine rings is 1. The number of amides is 1. The maximum Gasteiger partial charge on any atom is 0.255 e. The molecule has 194 valence electrons. The monoisotopic (exact) mass is 528 g/mol. The van der Waals surface area contributed by atoms with E-state index in [2.05, 4.69) is 35.6 Å². The van der Waals surface area contributed by atoms with Gasteiger partial charge in [-0.05, 0) is 61.9 Å². The third-order valence-corrected chi connectivity index (χ3v) is 6.02. The van der Waals surface area contributed by atoms with Crippen LogP contribution in [0.1, 0.15) is 29.8 Å². The number of carbonyl (C=O) groups excluding carboxylic acids is 1. The van der Waals surface area contributed by atoms with Gasteiger partial charge in [-0.3, -0.25) is 4.79 Å². The molecule has 3 aromatic heterocycles. The molecule has 0 unspecified atom stereocenters. The summed E-state index contributed by atoms with van der Waals surface area (Å²) < 4.78 is 44.6. The molecule has 0 bridgehead atoms. The summed E-state index contributed by atoms with van der Waals surface area (Å²) in [6, 6.07) is 10.8. The second kappa shape index (κ2) is 9.86. The second-order valence-corrected chi connectivity index (χ2v) is 9.05. The van der Waals surface area contributed by atoms with Crippen LogP contribution in [0.25, 0.3) is 22.4 Å². The molecule has 5 rings (SSSR count). The molecule has 0 spiro atoms. The summed E-state index contributed by atoms with van der Waals surface area (Å²) in [6.45, 7) is 3.15. The minimum absolute atomic E-state index is 0.0790. The Kier molecular flexibility index (Phi) is 6.41. The van der Waals surface area contributed by atoms with Crippen molar-refractivity contribution in [2.45, 2.75) is 19.3 Å². The van der Waals surface area contributed by atoms with Crippen LogP contribution in [0.3, 0.4) is 0 Å². The van der Waals surface area contributed by atoms with E-state index in [9.17, 15) is 18.8 Å². The van der Waals surface area contributed by atoms with Gasteiger partial charge in [-0.1, -0.05) is 0 Å². The molecule has 0 saturated carbocycles. The van der Waals surface area contributed by atoms with E-state index < -0.39 is 34.5 Å². The Morgan fingerprint density at radius 2 is 1.87 bits per heavy atom. The molecular weight excluding hydrogens is 509 g/mol. The maximum atomic E-state index is 15.5. The first kappa shape index (κ1) is 25.3. The van der Waals surface area contributed by atoms with E-state index in [0.717, 1.165) is 24.3 Å². The van der Waals surface area contributed by atoms with Crippen molar-refractivity contribution in [2.75, 3.05) is 10.6 Å². The smallest absolute Gasteiger partial charge is 0.255 e. The first-order valence-electron chi connectivity index (χ1n) is 11.6. The standard InChI is InChI=1S/C27H19F3N8O/c1-27(2,11-31)15-8-14(9-16(28)10-15)26(39)37-19-6-5-18(29)22(20(19)30)38-24-17(4-3-7-32-24)21-23-25(35-12-33-21)36-13-34-23/h3-10,12-13H,1-2H3,(H,32,38)(H,37,39)(H,33,34,35,36). The van der Waals surface area contributed by atoms with Crippen LogP contribution in [-0.4, -0.2) is 30.8 Å². The van der Waals surface area contributed by atoms with Gasteiger partial charge in [-0.15, -0.1) is 0 Å². The number of rotatable bonds is 6. The molecule has 3 heterocycles. The summed E-state index contributed by atoms with van der Waals surface area (Å²) in [5.41, 5.74) is -0.182. The number of nitriles is 1. The van der Waals surface area contributed by atoms with Crippen molar-refractivity contribution in [3.05, 3.63) is 89.9 Å². The number of aromatic amines is 1. The summed E-state index contributed by atoms with van der Waals surface area (Å²) in [7, 11) is 0. The van der Waals surface area contributed by atoms with Crippen LogP contribution in [0.15, 0.2) is 61.3 Å². The number of nitrogens with zero attached hydrogens (tertiary/aromatic N) is 5. The molecule has 3 N–H and O–H groups in total. The maximum absolute atomic E-state index is 15.5. The van der Waals surface area contributed by atoms with Gasteiger partial charge < -0.3 is 15.6 Å². The van der Waals surface area contributed by atoms with Crippen molar-refractivity contribution >= 4 is 34.3 Å². The number of aromatic nitrogens is 5. The van der Waals surface area contributed by atoms with Crippen LogP contribution >= 0.6 is 0 Å². The van der Waals surface area contributed by atoms with E-state index >= 15 is 4.39 Å². The first-order valence-corrected chi connectivity index (χ1v) is 11.6. The van der Waals surface area contributed by atoms with Crippen molar-refractivity contribution in [1.82, 2.24) is 24.9 Å². The van der Waals surface area contributed by atoms with Gasteiger partial charge in [-0.25, -0.2) is 33.1 Å². The van der Waals surface area contributed by atoms with Crippen LogP contribution < -0.4 is 10.6 Å². The molecule has 2 aromatic carbocycles. The first-order chi connectivity index (χ1) is 18.7. The van der Waals surface area contributed by atoms with E-state index in [1.165, 1.54) is 24.9 Å². The number of fused-ring (bicyclic) bond motifs is 1. The normalized spacial score (nSPS) is 11.3. The molecule has 0 aliphatic rings. The number of hydrogen-bond donors (Lipinski definition) is 3. The predicted molar refractivity (Wildman–Crippen MR) is 138 cm³/mol.